The summed E-state index contributed by atoms with van der Waals surface area (Å²) in [7, 11) is -1.41. The molecule has 2 N–H and O–H groups in total. The van der Waals surface area contributed by atoms with Gasteiger partial charge in [-0.2, -0.15) is 11.8 Å². The van der Waals surface area contributed by atoms with Crippen LogP contribution in [0.2, 0.25) is 0 Å². The minimum Gasteiger partial charge on any atom is -0.355 e. The van der Waals surface area contributed by atoms with Crippen molar-refractivity contribution in [3.63, 3.8) is 0 Å². The molecule has 0 aromatic heterocycles. The highest BCUT2D eigenvalue weighted by Crippen LogP contribution is 2.16. The molecule has 2 rings (SSSR count). The van der Waals surface area contributed by atoms with Gasteiger partial charge in [0.05, 0.1) is 5.75 Å². The van der Waals surface area contributed by atoms with Crippen molar-refractivity contribution in [2.45, 2.75) is 18.7 Å². The predicted octanol–water partition coefficient (Wildman–Crippen LogP) is 2.01. The van der Waals surface area contributed by atoms with E-state index < -0.39 is 10.0 Å². The third-order valence-electron chi connectivity index (χ3n) is 3.99. The van der Waals surface area contributed by atoms with E-state index in [4.69, 9.17) is 0 Å². The molecule has 0 atom stereocenters. The maximum Gasteiger partial charge on any atom is 0.214 e. The van der Waals surface area contributed by atoms with Crippen molar-refractivity contribution in [2.24, 2.45) is 4.99 Å². The molecule has 26 heavy (non-hydrogen) atoms. The molecule has 1 aromatic carbocycles. The van der Waals surface area contributed by atoms with Crippen molar-refractivity contribution in [1.29, 1.82) is 0 Å². The SMILES string of the molecule is CN=C(NCCN1CCCS1(=O)=O)NCc1ccc(F)cc1CSC.I. The molecule has 0 spiro atoms. The molecule has 0 bridgehead atoms. The average Bonchev–Trinajstić information content (AvgIpc) is 2.91. The zero-order valence-electron chi connectivity index (χ0n) is 15.0. The summed E-state index contributed by atoms with van der Waals surface area (Å²) in [5, 5.41) is 6.31. The van der Waals surface area contributed by atoms with Gasteiger partial charge in [-0.25, -0.2) is 17.1 Å². The Morgan fingerprint density at radius 2 is 2.12 bits per heavy atom. The van der Waals surface area contributed by atoms with Crippen LogP contribution in [0.15, 0.2) is 23.2 Å². The molecule has 1 saturated heterocycles. The lowest BCUT2D eigenvalue weighted by molar-refractivity contribution is 0.445. The zero-order chi connectivity index (χ0) is 18.3. The van der Waals surface area contributed by atoms with Gasteiger partial charge in [0, 0.05) is 39.0 Å². The molecule has 0 aliphatic carbocycles. The van der Waals surface area contributed by atoms with Gasteiger partial charge in [0.1, 0.15) is 5.82 Å². The summed E-state index contributed by atoms with van der Waals surface area (Å²) in [6, 6.07) is 4.79. The average molecular weight is 516 g/mol. The Labute approximate surface area is 176 Å². The summed E-state index contributed by atoms with van der Waals surface area (Å²) in [6.45, 7) is 2.03. The number of rotatable bonds is 7. The van der Waals surface area contributed by atoms with Crippen molar-refractivity contribution >= 4 is 51.7 Å². The molecule has 0 amide bonds. The smallest absolute Gasteiger partial charge is 0.214 e. The number of thioether (sulfide) groups is 1. The highest BCUT2D eigenvalue weighted by Gasteiger charge is 2.27. The Hall–Kier alpha value is -0.590. The van der Waals surface area contributed by atoms with Crippen LogP contribution in [0.1, 0.15) is 17.5 Å². The minimum absolute atomic E-state index is 0. The van der Waals surface area contributed by atoms with E-state index >= 15 is 0 Å². The quantitative estimate of drug-likeness (QED) is 0.330. The number of guanidine groups is 1. The molecule has 1 heterocycles. The topological polar surface area (TPSA) is 73.8 Å². The minimum atomic E-state index is -3.07. The summed E-state index contributed by atoms with van der Waals surface area (Å²) in [6.07, 6.45) is 2.67. The van der Waals surface area contributed by atoms with Crippen molar-refractivity contribution in [2.75, 3.05) is 38.7 Å². The monoisotopic (exact) mass is 516 g/mol. The summed E-state index contributed by atoms with van der Waals surface area (Å²) < 4.78 is 38.4. The second-order valence-electron chi connectivity index (χ2n) is 5.77. The van der Waals surface area contributed by atoms with Gasteiger partial charge in [0.25, 0.3) is 0 Å². The lowest BCUT2D eigenvalue weighted by Gasteiger charge is -2.17. The van der Waals surface area contributed by atoms with Gasteiger partial charge >= 0.3 is 0 Å². The molecule has 1 aliphatic heterocycles. The third kappa shape index (κ3) is 6.86. The van der Waals surface area contributed by atoms with E-state index in [-0.39, 0.29) is 35.5 Å². The summed E-state index contributed by atoms with van der Waals surface area (Å²) in [5.41, 5.74) is 1.97. The highest BCUT2D eigenvalue weighted by atomic mass is 127. The van der Waals surface area contributed by atoms with Crippen molar-refractivity contribution in [3.05, 3.63) is 35.1 Å². The fourth-order valence-electron chi connectivity index (χ4n) is 2.70. The molecule has 0 radical (unpaired) electrons. The number of nitrogens with zero attached hydrogens (tertiary/aromatic N) is 2. The normalized spacial score (nSPS) is 17.0. The van der Waals surface area contributed by atoms with E-state index in [1.54, 1.807) is 30.9 Å². The van der Waals surface area contributed by atoms with Crippen LogP contribution in [0, 0.1) is 5.82 Å². The van der Waals surface area contributed by atoms with Gasteiger partial charge in [-0.1, -0.05) is 6.07 Å². The standard InChI is InChI=1S/C16H25FN4O2S2.HI/c1-18-16(19-6-8-21-7-3-9-25(21,22)23)20-11-13-4-5-15(17)10-14(13)12-24-2;/h4-5,10H,3,6-9,11-12H2,1-2H3,(H2,18,19,20);1H. The number of nitrogens with one attached hydrogen (secondary N) is 2. The Kier molecular flexibility index (Phi) is 10.2. The summed E-state index contributed by atoms with van der Waals surface area (Å²) in [5.74, 6) is 1.34. The molecule has 1 fully saturated rings. The molecule has 1 aliphatic rings. The Balaban J connectivity index is 0.00000338. The first-order valence-corrected chi connectivity index (χ1v) is 11.1. The molecule has 0 saturated carbocycles. The van der Waals surface area contributed by atoms with E-state index in [0.717, 1.165) is 16.9 Å². The largest absolute Gasteiger partial charge is 0.355 e. The van der Waals surface area contributed by atoms with Crippen LogP contribution in [0.5, 0.6) is 0 Å². The van der Waals surface area contributed by atoms with E-state index in [0.29, 0.717) is 38.6 Å². The Bertz CT molecular complexity index is 716. The summed E-state index contributed by atoms with van der Waals surface area (Å²) in [4.78, 5) is 4.14. The zero-order valence-corrected chi connectivity index (χ0v) is 19.0. The maximum absolute atomic E-state index is 13.4. The van der Waals surface area contributed by atoms with Gasteiger partial charge in [-0.15, -0.1) is 24.0 Å². The van der Waals surface area contributed by atoms with E-state index in [1.807, 2.05) is 6.26 Å². The van der Waals surface area contributed by atoms with E-state index in [1.165, 1.54) is 10.4 Å². The van der Waals surface area contributed by atoms with Gasteiger partial charge in [0.15, 0.2) is 5.96 Å². The number of aliphatic imine (C=N–C) groups is 1. The number of hydrogen-bond donors (Lipinski definition) is 2. The third-order valence-corrected chi connectivity index (χ3v) is 6.55. The number of halogens is 2. The first-order valence-electron chi connectivity index (χ1n) is 8.15. The van der Waals surface area contributed by atoms with Crippen LogP contribution in [-0.2, 0) is 22.3 Å². The van der Waals surface area contributed by atoms with Crippen LogP contribution >= 0.6 is 35.7 Å². The van der Waals surface area contributed by atoms with Gasteiger partial charge in [0.2, 0.25) is 10.0 Å². The van der Waals surface area contributed by atoms with E-state index in [2.05, 4.69) is 15.6 Å². The number of benzene rings is 1. The molecule has 0 unspecified atom stereocenters. The molecular formula is C16H26FIN4O2S2. The van der Waals surface area contributed by atoms with Crippen molar-refractivity contribution < 1.29 is 12.8 Å². The number of sulfonamides is 1. The molecule has 148 valence electrons. The number of hydrogen-bond acceptors (Lipinski definition) is 4. The second kappa shape index (κ2) is 11.3. The van der Waals surface area contributed by atoms with Crippen LogP contribution in [0.4, 0.5) is 4.39 Å². The van der Waals surface area contributed by atoms with Gasteiger partial charge in [-0.3, -0.25) is 4.99 Å². The van der Waals surface area contributed by atoms with Crippen molar-refractivity contribution in [3.8, 4) is 0 Å². The van der Waals surface area contributed by atoms with E-state index in [9.17, 15) is 12.8 Å². The van der Waals surface area contributed by atoms with Crippen LogP contribution < -0.4 is 10.6 Å². The molecule has 1 aromatic rings. The van der Waals surface area contributed by atoms with Crippen molar-refractivity contribution in [1.82, 2.24) is 14.9 Å². The van der Waals surface area contributed by atoms with Crippen LogP contribution in [0.3, 0.4) is 0 Å². The first-order chi connectivity index (χ1) is 12.0. The van der Waals surface area contributed by atoms with Crippen LogP contribution in [0.25, 0.3) is 0 Å². The molecular weight excluding hydrogens is 490 g/mol. The molecule has 6 nitrogen and oxygen atoms in total. The fourth-order valence-corrected chi connectivity index (χ4v) is 4.81. The summed E-state index contributed by atoms with van der Waals surface area (Å²) >= 11 is 1.64. The highest BCUT2D eigenvalue weighted by molar-refractivity contribution is 14.0. The first kappa shape index (κ1) is 23.4. The van der Waals surface area contributed by atoms with Gasteiger partial charge in [-0.05, 0) is 35.9 Å². The Morgan fingerprint density at radius 1 is 1.35 bits per heavy atom. The Morgan fingerprint density at radius 3 is 2.73 bits per heavy atom. The molecule has 10 heteroatoms. The van der Waals surface area contributed by atoms with Crippen LogP contribution in [-0.4, -0.2) is 57.4 Å². The lowest BCUT2D eigenvalue weighted by Crippen LogP contribution is -2.41. The lowest BCUT2D eigenvalue weighted by atomic mass is 10.1. The maximum atomic E-state index is 13.4. The fraction of sp³-hybridized carbons (Fsp3) is 0.562. The second-order valence-corrected chi connectivity index (χ2v) is 8.72. The predicted molar refractivity (Wildman–Crippen MR) is 117 cm³/mol. The van der Waals surface area contributed by atoms with Gasteiger partial charge < -0.3 is 10.6 Å².